The van der Waals surface area contributed by atoms with Crippen LogP contribution < -0.4 is 10.6 Å². The molecule has 1 aromatic heterocycles. The van der Waals surface area contributed by atoms with Crippen molar-refractivity contribution in [2.45, 2.75) is 18.9 Å². The summed E-state index contributed by atoms with van der Waals surface area (Å²) in [5, 5.41) is 10.1. The number of hydrogen-bond acceptors (Lipinski definition) is 6. The minimum atomic E-state index is -0.000206. The Bertz CT molecular complexity index is 623. The van der Waals surface area contributed by atoms with E-state index < -0.39 is 0 Å². The number of nitrogens with one attached hydrogen (secondary N) is 2. The van der Waals surface area contributed by atoms with Crippen molar-refractivity contribution in [3.63, 3.8) is 0 Å². The van der Waals surface area contributed by atoms with Crippen molar-refractivity contribution in [2.75, 3.05) is 26.3 Å². The lowest BCUT2D eigenvalue weighted by Gasteiger charge is -2.23. The number of nitrogens with zero attached hydrogens (tertiary/aromatic N) is 2. The Kier molecular flexibility index (Phi) is 5.33. The summed E-state index contributed by atoms with van der Waals surface area (Å²) in [7, 11) is 0. The number of hydrogen-bond donors (Lipinski definition) is 2. The number of ether oxygens (including phenoxy) is 1. The molecule has 0 saturated carbocycles. The molecule has 0 spiro atoms. The van der Waals surface area contributed by atoms with E-state index in [0.29, 0.717) is 44.3 Å². The molecule has 0 radical (unpaired) electrons. The van der Waals surface area contributed by atoms with Gasteiger partial charge in [0, 0.05) is 37.5 Å². The van der Waals surface area contributed by atoms with Gasteiger partial charge in [-0.15, -0.1) is 0 Å². The van der Waals surface area contributed by atoms with Crippen molar-refractivity contribution < 1.29 is 14.1 Å². The normalized spacial score (nSPS) is 17.8. The molecule has 2 heterocycles. The van der Waals surface area contributed by atoms with Crippen LogP contribution in [-0.2, 0) is 16.0 Å². The summed E-state index contributed by atoms with van der Waals surface area (Å²) >= 11 is 0. The van der Waals surface area contributed by atoms with Crippen LogP contribution in [0.25, 0.3) is 11.5 Å². The smallest absolute Gasteiger partial charge is 0.257 e. The van der Waals surface area contributed by atoms with Gasteiger partial charge in [-0.25, -0.2) is 0 Å². The Morgan fingerprint density at radius 1 is 1.35 bits per heavy atom. The summed E-state index contributed by atoms with van der Waals surface area (Å²) < 4.78 is 10.6. The molecule has 1 aliphatic heterocycles. The highest BCUT2D eigenvalue weighted by Gasteiger charge is 2.16. The molecule has 1 fully saturated rings. The van der Waals surface area contributed by atoms with Crippen LogP contribution in [0.5, 0.6) is 0 Å². The number of amides is 1. The zero-order chi connectivity index (χ0) is 15.9. The first-order chi connectivity index (χ1) is 11.3. The SMILES string of the molecule is O=C(C[C@H]1COCCN1)NCCc1noc(-c2ccccc2)n1. The van der Waals surface area contributed by atoms with E-state index in [1.807, 2.05) is 30.3 Å². The van der Waals surface area contributed by atoms with E-state index in [1.165, 1.54) is 0 Å². The highest BCUT2D eigenvalue weighted by atomic mass is 16.5. The summed E-state index contributed by atoms with van der Waals surface area (Å²) in [6.07, 6.45) is 0.957. The minimum Gasteiger partial charge on any atom is -0.378 e. The van der Waals surface area contributed by atoms with Gasteiger partial charge in [0.25, 0.3) is 5.89 Å². The lowest BCUT2D eigenvalue weighted by Crippen LogP contribution is -2.44. The molecule has 1 atom stereocenters. The molecule has 2 aromatic rings. The second-order valence-electron chi connectivity index (χ2n) is 5.41. The van der Waals surface area contributed by atoms with Crippen molar-refractivity contribution in [1.29, 1.82) is 0 Å². The van der Waals surface area contributed by atoms with Crippen LogP contribution >= 0.6 is 0 Å². The molecule has 7 heteroatoms. The van der Waals surface area contributed by atoms with E-state index in [2.05, 4.69) is 20.8 Å². The first-order valence-corrected chi connectivity index (χ1v) is 7.77. The van der Waals surface area contributed by atoms with Crippen LogP contribution in [-0.4, -0.2) is 48.4 Å². The zero-order valence-corrected chi connectivity index (χ0v) is 12.8. The third-order valence-electron chi connectivity index (χ3n) is 3.59. The highest BCUT2D eigenvalue weighted by Crippen LogP contribution is 2.15. The molecule has 1 aliphatic rings. The van der Waals surface area contributed by atoms with Gasteiger partial charge in [-0.1, -0.05) is 23.4 Å². The maximum Gasteiger partial charge on any atom is 0.257 e. The molecule has 0 bridgehead atoms. The molecule has 7 nitrogen and oxygen atoms in total. The van der Waals surface area contributed by atoms with E-state index in [9.17, 15) is 4.79 Å². The minimum absolute atomic E-state index is 0.000206. The number of benzene rings is 1. The van der Waals surface area contributed by atoms with E-state index in [0.717, 1.165) is 12.1 Å². The summed E-state index contributed by atoms with van der Waals surface area (Å²) in [6, 6.07) is 9.70. The van der Waals surface area contributed by atoms with Gasteiger partial charge in [-0.3, -0.25) is 4.79 Å². The first kappa shape index (κ1) is 15.6. The van der Waals surface area contributed by atoms with Crippen LogP contribution in [0.3, 0.4) is 0 Å². The Morgan fingerprint density at radius 2 is 2.22 bits per heavy atom. The second kappa shape index (κ2) is 7.85. The molecular formula is C16H20N4O3. The molecule has 1 aromatic carbocycles. The molecule has 122 valence electrons. The topological polar surface area (TPSA) is 89.3 Å². The molecule has 0 unspecified atom stereocenters. The lowest BCUT2D eigenvalue weighted by atomic mass is 10.2. The molecule has 0 aliphatic carbocycles. The van der Waals surface area contributed by atoms with Gasteiger partial charge in [0.1, 0.15) is 0 Å². The Morgan fingerprint density at radius 3 is 3.00 bits per heavy atom. The van der Waals surface area contributed by atoms with Crippen molar-refractivity contribution in [1.82, 2.24) is 20.8 Å². The van der Waals surface area contributed by atoms with Crippen LogP contribution in [0, 0.1) is 0 Å². The third-order valence-corrected chi connectivity index (χ3v) is 3.59. The highest BCUT2D eigenvalue weighted by molar-refractivity contribution is 5.76. The van der Waals surface area contributed by atoms with Crippen molar-refractivity contribution in [3.05, 3.63) is 36.2 Å². The standard InChI is InChI=1S/C16H20N4O3/c21-15(10-13-11-22-9-8-17-13)18-7-6-14-19-16(23-20-14)12-4-2-1-3-5-12/h1-5,13,17H,6-11H2,(H,18,21)/t13-/m0/s1. The molecule has 3 rings (SSSR count). The number of aromatic nitrogens is 2. The maximum absolute atomic E-state index is 11.9. The average molecular weight is 316 g/mol. The lowest BCUT2D eigenvalue weighted by molar-refractivity contribution is -0.122. The molecule has 23 heavy (non-hydrogen) atoms. The largest absolute Gasteiger partial charge is 0.378 e. The quantitative estimate of drug-likeness (QED) is 0.818. The van der Waals surface area contributed by atoms with Crippen LogP contribution in [0.2, 0.25) is 0 Å². The molecule has 1 amide bonds. The number of rotatable bonds is 6. The monoisotopic (exact) mass is 316 g/mol. The summed E-state index contributed by atoms with van der Waals surface area (Å²) in [4.78, 5) is 16.2. The Balaban J connectivity index is 1.42. The van der Waals surface area contributed by atoms with E-state index >= 15 is 0 Å². The van der Waals surface area contributed by atoms with E-state index in [4.69, 9.17) is 9.26 Å². The van der Waals surface area contributed by atoms with Crippen LogP contribution in [0.1, 0.15) is 12.2 Å². The molecular weight excluding hydrogens is 296 g/mol. The Hall–Kier alpha value is -2.25. The van der Waals surface area contributed by atoms with Gasteiger partial charge in [-0.2, -0.15) is 4.98 Å². The van der Waals surface area contributed by atoms with Crippen molar-refractivity contribution >= 4 is 5.91 Å². The van der Waals surface area contributed by atoms with Crippen LogP contribution in [0.4, 0.5) is 0 Å². The third kappa shape index (κ3) is 4.61. The number of morpholine rings is 1. The fraction of sp³-hybridized carbons (Fsp3) is 0.438. The first-order valence-electron chi connectivity index (χ1n) is 7.77. The van der Waals surface area contributed by atoms with Gasteiger partial charge in [0.05, 0.1) is 13.2 Å². The number of carbonyl (C=O) groups excluding carboxylic acids is 1. The number of carbonyl (C=O) groups is 1. The fourth-order valence-electron chi connectivity index (χ4n) is 2.41. The van der Waals surface area contributed by atoms with Gasteiger partial charge in [0.15, 0.2) is 5.82 Å². The maximum atomic E-state index is 11.9. The van der Waals surface area contributed by atoms with Gasteiger partial charge >= 0.3 is 0 Å². The molecule has 1 saturated heterocycles. The van der Waals surface area contributed by atoms with Crippen LogP contribution in [0.15, 0.2) is 34.9 Å². The van der Waals surface area contributed by atoms with E-state index in [1.54, 1.807) is 0 Å². The Labute approximate surface area is 134 Å². The predicted molar refractivity (Wildman–Crippen MR) is 83.7 cm³/mol. The van der Waals surface area contributed by atoms with Gasteiger partial charge < -0.3 is 19.9 Å². The van der Waals surface area contributed by atoms with E-state index in [-0.39, 0.29) is 11.9 Å². The predicted octanol–water partition coefficient (Wildman–Crippen LogP) is 0.774. The van der Waals surface area contributed by atoms with Gasteiger partial charge in [-0.05, 0) is 12.1 Å². The summed E-state index contributed by atoms with van der Waals surface area (Å²) in [5.74, 6) is 1.08. The molecule has 2 N–H and O–H groups in total. The fourth-order valence-corrected chi connectivity index (χ4v) is 2.41. The average Bonchev–Trinajstić information content (AvgIpc) is 3.05. The van der Waals surface area contributed by atoms with Crippen molar-refractivity contribution in [2.24, 2.45) is 0 Å². The second-order valence-corrected chi connectivity index (χ2v) is 5.41. The van der Waals surface area contributed by atoms with Gasteiger partial charge in [0.2, 0.25) is 5.91 Å². The summed E-state index contributed by atoms with van der Waals surface area (Å²) in [5.41, 5.74) is 0.888. The zero-order valence-electron chi connectivity index (χ0n) is 12.8. The summed E-state index contributed by atoms with van der Waals surface area (Å²) in [6.45, 7) is 2.57. The van der Waals surface area contributed by atoms with Crippen molar-refractivity contribution in [3.8, 4) is 11.5 Å².